The Morgan fingerprint density at radius 2 is 1.79 bits per heavy atom. The van der Waals surface area contributed by atoms with Crippen LogP contribution >= 0.6 is 0 Å². The number of nitrogens with one attached hydrogen (secondary N) is 1. The molecule has 0 spiro atoms. The number of likely N-dealkylation sites (tertiary alicyclic amines) is 1. The van der Waals surface area contributed by atoms with E-state index in [4.69, 9.17) is 0 Å². The zero-order valence-corrected chi connectivity index (χ0v) is 13.8. The minimum atomic E-state index is -0.404. The summed E-state index contributed by atoms with van der Waals surface area (Å²) in [5, 5.41) is 12.7. The summed E-state index contributed by atoms with van der Waals surface area (Å²) in [6.45, 7) is 1.66. The van der Waals surface area contributed by atoms with Crippen LogP contribution in [-0.4, -0.2) is 29.0 Å². The van der Waals surface area contributed by atoms with Crippen LogP contribution in [0.4, 0.5) is 5.69 Å². The highest BCUT2D eigenvalue weighted by atomic mass is 16.3. The van der Waals surface area contributed by atoms with E-state index in [0.29, 0.717) is 0 Å². The molecule has 1 aliphatic rings. The summed E-state index contributed by atoms with van der Waals surface area (Å²) in [7, 11) is 0. The molecule has 2 aromatic carbocycles. The van der Waals surface area contributed by atoms with Crippen LogP contribution in [0.1, 0.15) is 36.4 Å². The summed E-state index contributed by atoms with van der Waals surface area (Å²) < 4.78 is 0. The van der Waals surface area contributed by atoms with Crippen molar-refractivity contribution in [2.75, 3.05) is 18.4 Å². The first kappa shape index (κ1) is 16.5. The molecule has 0 aromatic heterocycles. The second kappa shape index (κ2) is 7.97. The Morgan fingerprint density at radius 3 is 2.50 bits per heavy atom. The lowest BCUT2D eigenvalue weighted by Crippen LogP contribution is -2.41. The van der Waals surface area contributed by atoms with Gasteiger partial charge in [-0.15, -0.1) is 0 Å². The lowest BCUT2D eigenvalue weighted by atomic mass is 10.0. The van der Waals surface area contributed by atoms with Crippen molar-refractivity contribution >= 4 is 11.6 Å². The molecular formula is C20H24N2O2. The number of amides is 1. The lowest BCUT2D eigenvalue weighted by Gasteiger charge is -2.31. The zero-order chi connectivity index (χ0) is 16.8. The summed E-state index contributed by atoms with van der Waals surface area (Å²) in [5.41, 5.74) is 2.64. The van der Waals surface area contributed by atoms with Gasteiger partial charge in [0.05, 0.1) is 6.61 Å². The van der Waals surface area contributed by atoms with Crippen LogP contribution < -0.4 is 5.32 Å². The number of rotatable bonds is 5. The molecule has 0 aliphatic carbocycles. The highest BCUT2D eigenvalue weighted by Gasteiger charge is 2.26. The van der Waals surface area contributed by atoms with Gasteiger partial charge < -0.3 is 15.3 Å². The largest absolute Gasteiger partial charge is 0.392 e. The Labute approximate surface area is 143 Å². The molecule has 2 N–H and O–H groups in total. The normalized spacial score (nSPS) is 15.8. The van der Waals surface area contributed by atoms with E-state index in [1.807, 2.05) is 59.5 Å². The van der Waals surface area contributed by atoms with Gasteiger partial charge in [-0.05, 0) is 42.5 Å². The number of carbonyl (C=O) groups is 1. The van der Waals surface area contributed by atoms with Crippen molar-refractivity contribution in [3.8, 4) is 0 Å². The molecular weight excluding hydrogens is 300 g/mol. The van der Waals surface area contributed by atoms with Gasteiger partial charge in [-0.25, -0.2) is 0 Å². The first-order chi connectivity index (χ1) is 11.8. The Balaban J connectivity index is 1.85. The minimum Gasteiger partial charge on any atom is -0.392 e. The molecule has 1 saturated heterocycles. The second-order valence-electron chi connectivity index (χ2n) is 6.23. The number of piperidine rings is 1. The molecule has 0 radical (unpaired) electrons. The van der Waals surface area contributed by atoms with Crippen molar-refractivity contribution in [3.05, 3.63) is 65.7 Å². The summed E-state index contributed by atoms with van der Waals surface area (Å²) in [4.78, 5) is 15.0. The van der Waals surface area contributed by atoms with Gasteiger partial charge >= 0.3 is 0 Å². The van der Waals surface area contributed by atoms with Crippen LogP contribution in [0.2, 0.25) is 0 Å². The lowest BCUT2D eigenvalue weighted by molar-refractivity contribution is -0.133. The van der Waals surface area contributed by atoms with Crippen LogP contribution in [-0.2, 0) is 11.4 Å². The highest BCUT2D eigenvalue weighted by molar-refractivity contribution is 5.86. The quantitative estimate of drug-likeness (QED) is 0.887. The molecule has 0 saturated carbocycles. The average Bonchev–Trinajstić information content (AvgIpc) is 2.67. The summed E-state index contributed by atoms with van der Waals surface area (Å²) in [6.07, 6.45) is 3.35. The van der Waals surface area contributed by atoms with Crippen LogP contribution in [0.5, 0.6) is 0 Å². The van der Waals surface area contributed by atoms with E-state index >= 15 is 0 Å². The molecule has 0 bridgehead atoms. The van der Waals surface area contributed by atoms with Gasteiger partial charge in [0, 0.05) is 18.8 Å². The van der Waals surface area contributed by atoms with Gasteiger partial charge in [0.25, 0.3) is 0 Å². The van der Waals surface area contributed by atoms with Crippen molar-refractivity contribution in [3.63, 3.8) is 0 Å². The predicted molar refractivity (Wildman–Crippen MR) is 95.6 cm³/mol. The Morgan fingerprint density at radius 1 is 1.04 bits per heavy atom. The molecule has 1 atom stereocenters. The molecule has 2 aromatic rings. The van der Waals surface area contributed by atoms with Crippen molar-refractivity contribution in [1.82, 2.24) is 4.90 Å². The Kier molecular flexibility index (Phi) is 5.49. The molecule has 1 aliphatic heterocycles. The number of aliphatic hydroxyl groups is 1. The molecule has 0 unspecified atom stereocenters. The summed E-state index contributed by atoms with van der Waals surface area (Å²) >= 11 is 0. The Hall–Kier alpha value is -2.33. The molecule has 3 rings (SSSR count). The van der Waals surface area contributed by atoms with Crippen molar-refractivity contribution in [1.29, 1.82) is 0 Å². The van der Waals surface area contributed by atoms with E-state index in [0.717, 1.165) is 42.7 Å². The smallest absolute Gasteiger partial charge is 0.249 e. The third-order valence-corrected chi connectivity index (χ3v) is 4.47. The maximum absolute atomic E-state index is 13.1. The summed E-state index contributed by atoms with van der Waals surface area (Å²) in [5.74, 6) is 0.121. The van der Waals surface area contributed by atoms with Crippen LogP contribution in [0, 0.1) is 0 Å². The molecule has 1 fully saturated rings. The van der Waals surface area contributed by atoms with Gasteiger partial charge in [0.2, 0.25) is 5.91 Å². The van der Waals surface area contributed by atoms with Gasteiger partial charge in [0.15, 0.2) is 0 Å². The number of nitrogens with zero attached hydrogens (tertiary/aromatic N) is 1. The number of anilines is 1. The van der Waals surface area contributed by atoms with E-state index in [-0.39, 0.29) is 12.5 Å². The van der Waals surface area contributed by atoms with E-state index in [9.17, 15) is 9.90 Å². The second-order valence-corrected chi connectivity index (χ2v) is 6.23. The van der Waals surface area contributed by atoms with Gasteiger partial charge in [-0.1, -0.05) is 42.5 Å². The Bertz CT molecular complexity index is 666. The minimum absolute atomic E-state index is 0.00834. The fourth-order valence-corrected chi connectivity index (χ4v) is 3.16. The number of carbonyl (C=O) groups excluding carboxylic acids is 1. The maximum atomic E-state index is 13.1. The van der Waals surface area contributed by atoms with Crippen LogP contribution in [0.25, 0.3) is 0 Å². The van der Waals surface area contributed by atoms with E-state index in [1.54, 1.807) is 0 Å². The first-order valence-corrected chi connectivity index (χ1v) is 8.58. The van der Waals surface area contributed by atoms with Gasteiger partial charge in [-0.3, -0.25) is 4.79 Å². The molecule has 1 amide bonds. The van der Waals surface area contributed by atoms with Crippen LogP contribution in [0.3, 0.4) is 0 Å². The first-order valence-electron chi connectivity index (χ1n) is 8.58. The van der Waals surface area contributed by atoms with E-state index in [2.05, 4.69) is 5.32 Å². The maximum Gasteiger partial charge on any atom is 0.249 e. The van der Waals surface area contributed by atoms with E-state index in [1.165, 1.54) is 6.42 Å². The van der Waals surface area contributed by atoms with Crippen molar-refractivity contribution < 1.29 is 9.90 Å². The zero-order valence-electron chi connectivity index (χ0n) is 13.8. The predicted octanol–water partition coefficient (Wildman–Crippen LogP) is 3.34. The number of benzene rings is 2. The number of hydrogen-bond acceptors (Lipinski definition) is 3. The molecule has 126 valence electrons. The molecule has 24 heavy (non-hydrogen) atoms. The number of hydrogen-bond donors (Lipinski definition) is 2. The van der Waals surface area contributed by atoms with Crippen molar-refractivity contribution in [2.24, 2.45) is 0 Å². The number of aliphatic hydroxyl groups excluding tert-OH is 1. The third kappa shape index (κ3) is 3.95. The SMILES string of the molecule is O=C([C@@H](Nc1cccc(CO)c1)c1ccccc1)N1CCCCC1. The van der Waals surface area contributed by atoms with Gasteiger partial charge in [0.1, 0.15) is 6.04 Å². The fourth-order valence-electron chi connectivity index (χ4n) is 3.16. The molecule has 4 nitrogen and oxygen atoms in total. The van der Waals surface area contributed by atoms with Crippen molar-refractivity contribution in [2.45, 2.75) is 31.9 Å². The average molecular weight is 324 g/mol. The van der Waals surface area contributed by atoms with Crippen LogP contribution in [0.15, 0.2) is 54.6 Å². The third-order valence-electron chi connectivity index (χ3n) is 4.47. The topological polar surface area (TPSA) is 52.6 Å². The molecule has 1 heterocycles. The van der Waals surface area contributed by atoms with E-state index < -0.39 is 6.04 Å². The highest BCUT2D eigenvalue weighted by Crippen LogP contribution is 2.24. The molecule has 4 heteroatoms. The van der Waals surface area contributed by atoms with Gasteiger partial charge in [-0.2, -0.15) is 0 Å². The fraction of sp³-hybridized carbons (Fsp3) is 0.350. The standard InChI is InChI=1S/C20H24N2O2/c23-15-16-8-7-11-18(14-16)21-19(17-9-3-1-4-10-17)20(24)22-12-5-2-6-13-22/h1,3-4,7-11,14,19,21,23H,2,5-6,12-13,15H2/t19-/m0/s1. The monoisotopic (exact) mass is 324 g/mol. The summed E-state index contributed by atoms with van der Waals surface area (Å²) in [6, 6.07) is 17.0.